The third kappa shape index (κ3) is 1.65. The zero-order chi connectivity index (χ0) is 11.2. The van der Waals surface area contributed by atoms with Gasteiger partial charge in [-0.15, -0.1) is 0 Å². The van der Waals surface area contributed by atoms with Crippen LogP contribution >= 0.6 is 0 Å². The molecule has 1 saturated carbocycles. The highest BCUT2D eigenvalue weighted by Crippen LogP contribution is 2.51. The predicted octanol–water partition coefficient (Wildman–Crippen LogP) is 2.32. The second kappa shape index (κ2) is 3.44. The van der Waals surface area contributed by atoms with Crippen LogP contribution in [0.4, 0.5) is 0 Å². The number of fused-ring (bicyclic) bond motifs is 1. The second-order valence-electron chi connectivity index (χ2n) is 5.61. The van der Waals surface area contributed by atoms with Gasteiger partial charge in [-0.3, -0.25) is 4.79 Å². The van der Waals surface area contributed by atoms with Crippen LogP contribution in [0, 0.1) is 17.3 Å². The Morgan fingerprint density at radius 2 is 2.07 bits per heavy atom. The molecule has 2 aliphatic rings. The lowest BCUT2D eigenvalue weighted by Crippen LogP contribution is -2.42. The zero-order valence-corrected chi connectivity index (χ0v) is 9.79. The molecule has 1 N–H and O–H groups in total. The Balaban J connectivity index is 2.35. The summed E-state index contributed by atoms with van der Waals surface area (Å²) >= 11 is 0. The molecule has 2 aliphatic carbocycles. The normalized spacial score (nSPS) is 46.0. The standard InChI is InChI=1S/C13H20O2/c1-8-7-13(3)9(2)4-11(14)5-10(13)6-12(8)15/h5,8-9,12,15H,4,6-7H2,1-3H3/t8?,9-,12?,13+/m1/s1. The van der Waals surface area contributed by atoms with Crippen molar-refractivity contribution in [1.29, 1.82) is 0 Å². The van der Waals surface area contributed by atoms with Crippen molar-refractivity contribution in [3.63, 3.8) is 0 Å². The van der Waals surface area contributed by atoms with Gasteiger partial charge in [0.1, 0.15) is 0 Å². The fraction of sp³-hybridized carbons (Fsp3) is 0.769. The Hall–Kier alpha value is -0.630. The van der Waals surface area contributed by atoms with E-state index in [1.807, 2.05) is 0 Å². The first kappa shape index (κ1) is 10.9. The van der Waals surface area contributed by atoms with Crippen molar-refractivity contribution in [3.05, 3.63) is 11.6 Å². The third-order valence-electron chi connectivity index (χ3n) is 4.50. The number of allylic oxidation sites excluding steroid dienone is 1. The van der Waals surface area contributed by atoms with Gasteiger partial charge in [0.05, 0.1) is 6.10 Å². The molecule has 0 radical (unpaired) electrons. The molecular weight excluding hydrogens is 188 g/mol. The van der Waals surface area contributed by atoms with Gasteiger partial charge in [0, 0.05) is 6.42 Å². The van der Waals surface area contributed by atoms with Crippen LogP contribution in [0.5, 0.6) is 0 Å². The maximum Gasteiger partial charge on any atom is 0.155 e. The highest BCUT2D eigenvalue weighted by Gasteiger charge is 2.44. The van der Waals surface area contributed by atoms with Gasteiger partial charge >= 0.3 is 0 Å². The quantitative estimate of drug-likeness (QED) is 0.663. The summed E-state index contributed by atoms with van der Waals surface area (Å²) in [6, 6.07) is 0. The Morgan fingerprint density at radius 3 is 2.73 bits per heavy atom. The van der Waals surface area contributed by atoms with Gasteiger partial charge in [-0.1, -0.05) is 26.3 Å². The fourth-order valence-electron chi connectivity index (χ4n) is 3.12. The molecule has 2 nitrogen and oxygen atoms in total. The molecule has 0 bridgehead atoms. The number of carbonyl (C=O) groups excluding carboxylic acids is 1. The lowest BCUT2D eigenvalue weighted by atomic mass is 9.58. The highest BCUT2D eigenvalue weighted by molar-refractivity contribution is 5.92. The van der Waals surface area contributed by atoms with Crippen molar-refractivity contribution in [1.82, 2.24) is 0 Å². The summed E-state index contributed by atoms with van der Waals surface area (Å²) in [6.07, 6.45) is 3.89. The van der Waals surface area contributed by atoms with Crippen LogP contribution in [-0.2, 0) is 4.79 Å². The second-order valence-corrected chi connectivity index (χ2v) is 5.61. The maximum atomic E-state index is 11.5. The Labute approximate surface area is 91.4 Å². The molecular formula is C13H20O2. The molecule has 1 fully saturated rings. The number of hydrogen-bond acceptors (Lipinski definition) is 2. The summed E-state index contributed by atoms with van der Waals surface area (Å²) in [6.45, 7) is 6.52. The van der Waals surface area contributed by atoms with Crippen molar-refractivity contribution in [2.24, 2.45) is 17.3 Å². The smallest absolute Gasteiger partial charge is 0.155 e. The fourth-order valence-corrected chi connectivity index (χ4v) is 3.12. The van der Waals surface area contributed by atoms with Gasteiger partial charge in [-0.05, 0) is 36.2 Å². The highest BCUT2D eigenvalue weighted by atomic mass is 16.3. The number of carbonyl (C=O) groups is 1. The van der Waals surface area contributed by atoms with Crippen molar-refractivity contribution < 1.29 is 9.90 Å². The number of ketones is 1. The van der Waals surface area contributed by atoms with Gasteiger partial charge in [-0.2, -0.15) is 0 Å². The van der Waals surface area contributed by atoms with E-state index in [1.54, 1.807) is 6.08 Å². The molecule has 4 atom stereocenters. The van der Waals surface area contributed by atoms with Crippen molar-refractivity contribution in [2.75, 3.05) is 0 Å². The molecule has 0 saturated heterocycles. The minimum atomic E-state index is -0.262. The van der Waals surface area contributed by atoms with E-state index in [2.05, 4.69) is 20.8 Å². The molecule has 0 aromatic heterocycles. The van der Waals surface area contributed by atoms with E-state index in [-0.39, 0.29) is 17.3 Å². The monoisotopic (exact) mass is 208 g/mol. The first-order valence-corrected chi connectivity index (χ1v) is 5.85. The molecule has 0 heterocycles. The Bertz CT molecular complexity index is 318. The summed E-state index contributed by atoms with van der Waals surface area (Å²) in [5, 5.41) is 9.85. The van der Waals surface area contributed by atoms with E-state index < -0.39 is 0 Å². The first-order valence-electron chi connectivity index (χ1n) is 5.85. The largest absolute Gasteiger partial charge is 0.393 e. The van der Waals surface area contributed by atoms with Crippen LogP contribution in [-0.4, -0.2) is 17.0 Å². The van der Waals surface area contributed by atoms with Crippen LogP contribution in [0.15, 0.2) is 11.6 Å². The van der Waals surface area contributed by atoms with Gasteiger partial charge in [0.25, 0.3) is 0 Å². The minimum absolute atomic E-state index is 0.145. The van der Waals surface area contributed by atoms with E-state index in [0.717, 1.165) is 6.42 Å². The SMILES string of the molecule is CC1C[C@]2(C)C(=CC(=O)C[C@H]2C)CC1O. The van der Waals surface area contributed by atoms with E-state index in [9.17, 15) is 9.90 Å². The summed E-state index contributed by atoms with van der Waals surface area (Å²) in [4.78, 5) is 11.5. The number of rotatable bonds is 0. The molecule has 0 spiro atoms. The van der Waals surface area contributed by atoms with Crippen LogP contribution in [0.2, 0.25) is 0 Å². The molecule has 0 amide bonds. The van der Waals surface area contributed by atoms with E-state index >= 15 is 0 Å². The van der Waals surface area contributed by atoms with E-state index in [0.29, 0.717) is 24.7 Å². The Morgan fingerprint density at radius 1 is 1.40 bits per heavy atom. The molecule has 84 valence electrons. The third-order valence-corrected chi connectivity index (χ3v) is 4.50. The van der Waals surface area contributed by atoms with Crippen molar-refractivity contribution in [2.45, 2.75) is 46.1 Å². The Kier molecular flexibility index (Phi) is 2.50. The zero-order valence-electron chi connectivity index (χ0n) is 9.79. The van der Waals surface area contributed by atoms with E-state index in [1.165, 1.54) is 5.57 Å². The molecule has 2 heteroatoms. The summed E-state index contributed by atoms with van der Waals surface area (Å²) in [7, 11) is 0. The van der Waals surface area contributed by atoms with Crippen molar-refractivity contribution >= 4 is 5.78 Å². The average molecular weight is 208 g/mol. The maximum absolute atomic E-state index is 11.5. The summed E-state index contributed by atoms with van der Waals surface area (Å²) in [5.74, 6) is 1.000. The predicted molar refractivity (Wildman–Crippen MR) is 59.4 cm³/mol. The van der Waals surface area contributed by atoms with Crippen LogP contribution in [0.1, 0.15) is 40.0 Å². The summed E-state index contributed by atoms with van der Waals surface area (Å²) < 4.78 is 0. The lowest BCUT2D eigenvalue weighted by molar-refractivity contribution is -0.117. The molecule has 0 aromatic rings. The average Bonchev–Trinajstić information content (AvgIpc) is 2.12. The molecule has 15 heavy (non-hydrogen) atoms. The van der Waals surface area contributed by atoms with Crippen LogP contribution in [0.25, 0.3) is 0 Å². The minimum Gasteiger partial charge on any atom is -0.393 e. The van der Waals surface area contributed by atoms with Gasteiger partial charge < -0.3 is 5.11 Å². The molecule has 2 unspecified atom stereocenters. The van der Waals surface area contributed by atoms with Gasteiger partial charge in [-0.25, -0.2) is 0 Å². The van der Waals surface area contributed by atoms with Gasteiger partial charge in [0.15, 0.2) is 5.78 Å². The molecule has 0 aliphatic heterocycles. The number of aliphatic hydroxyl groups is 1. The summed E-state index contributed by atoms with van der Waals surface area (Å²) in [5.41, 5.74) is 1.32. The van der Waals surface area contributed by atoms with Crippen LogP contribution in [0.3, 0.4) is 0 Å². The topological polar surface area (TPSA) is 37.3 Å². The first-order chi connectivity index (χ1) is 6.93. The van der Waals surface area contributed by atoms with Crippen molar-refractivity contribution in [3.8, 4) is 0 Å². The number of aliphatic hydroxyl groups excluding tert-OH is 1. The molecule has 0 aromatic carbocycles. The van der Waals surface area contributed by atoms with Crippen LogP contribution < -0.4 is 0 Å². The van der Waals surface area contributed by atoms with E-state index in [4.69, 9.17) is 0 Å². The molecule has 2 rings (SSSR count). The van der Waals surface area contributed by atoms with Gasteiger partial charge in [0.2, 0.25) is 0 Å². The number of hydrogen-bond donors (Lipinski definition) is 1. The lowest BCUT2D eigenvalue weighted by Gasteiger charge is -2.47.